The first kappa shape index (κ1) is 25.0. The highest BCUT2D eigenvalue weighted by Gasteiger charge is 2.36. The number of carbonyl (C=O) groups is 3. The Balaban J connectivity index is 1.14. The Kier molecular flexibility index (Phi) is 7.52. The molecule has 2 amide bonds. The molecule has 1 unspecified atom stereocenters. The van der Waals surface area contributed by atoms with E-state index in [1.165, 1.54) is 0 Å². The average molecular weight is 503 g/mol. The average Bonchev–Trinajstić information content (AvgIpc) is 3.47. The number of hydrazine groups is 1. The van der Waals surface area contributed by atoms with Gasteiger partial charge >= 0.3 is 0 Å². The molecule has 37 heavy (non-hydrogen) atoms. The van der Waals surface area contributed by atoms with Crippen LogP contribution in [0.25, 0.3) is 5.32 Å². The van der Waals surface area contributed by atoms with Gasteiger partial charge in [0.25, 0.3) is 0 Å². The number of ketones is 1. The van der Waals surface area contributed by atoms with E-state index in [2.05, 4.69) is 21.0 Å². The molecule has 0 aromatic heterocycles. The zero-order valence-electron chi connectivity index (χ0n) is 20.7. The molecule has 0 spiro atoms. The minimum Gasteiger partial charge on any atom is -0.663 e. The minimum atomic E-state index is -0.288. The number of ether oxygens (including phenoxy) is 1. The van der Waals surface area contributed by atoms with Crippen LogP contribution in [0.2, 0.25) is 0 Å². The predicted octanol–water partition coefficient (Wildman–Crippen LogP) is 2.95. The molecule has 2 saturated heterocycles. The number of hydrogen-bond donors (Lipinski definition) is 3. The smallest absolute Gasteiger partial charge is 0.229 e. The molecule has 9 nitrogen and oxygen atoms in total. The fourth-order valence-corrected chi connectivity index (χ4v) is 5.39. The number of Topliss-reactive ketones (excluding diaryl/α,β-unsaturated/α-hetero) is 1. The van der Waals surface area contributed by atoms with Crippen molar-refractivity contribution in [1.82, 2.24) is 15.6 Å². The number of benzene rings is 2. The van der Waals surface area contributed by atoms with Gasteiger partial charge in [-0.15, -0.1) is 5.69 Å². The Labute approximate surface area is 216 Å². The minimum absolute atomic E-state index is 0.0412. The molecule has 9 heteroatoms. The van der Waals surface area contributed by atoms with Crippen molar-refractivity contribution >= 4 is 23.3 Å². The van der Waals surface area contributed by atoms with Crippen LogP contribution >= 0.6 is 0 Å². The molecule has 3 atom stereocenters. The fraction of sp³-hybridized carbons (Fsp3) is 0.393. The number of likely N-dealkylation sites (tertiary alicyclic amines) is 1. The second-order valence-corrected chi connectivity index (χ2v) is 9.99. The van der Waals surface area contributed by atoms with E-state index in [0.29, 0.717) is 37.8 Å². The summed E-state index contributed by atoms with van der Waals surface area (Å²) in [6.45, 7) is 2.29. The summed E-state index contributed by atoms with van der Waals surface area (Å²) in [7, 11) is 0. The number of nitrogens with zero attached hydrogens (tertiary/aromatic N) is 2. The van der Waals surface area contributed by atoms with Gasteiger partial charge in [-0.1, -0.05) is 30.3 Å². The van der Waals surface area contributed by atoms with Crippen LogP contribution in [0.5, 0.6) is 5.75 Å². The van der Waals surface area contributed by atoms with Crippen LogP contribution in [-0.2, 0) is 16.0 Å². The highest BCUT2D eigenvalue weighted by Crippen LogP contribution is 2.35. The summed E-state index contributed by atoms with van der Waals surface area (Å²) < 4.78 is 6.28. The lowest BCUT2D eigenvalue weighted by Gasteiger charge is -2.23. The third-order valence-electron chi connectivity index (χ3n) is 7.34. The van der Waals surface area contributed by atoms with Crippen molar-refractivity contribution < 1.29 is 19.1 Å². The van der Waals surface area contributed by atoms with Gasteiger partial charge in [0, 0.05) is 49.2 Å². The Morgan fingerprint density at radius 2 is 1.97 bits per heavy atom. The van der Waals surface area contributed by atoms with Gasteiger partial charge in [-0.25, -0.2) is 0 Å². The summed E-state index contributed by atoms with van der Waals surface area (Å²) in [5.74, 6) is 5.54. The van der Waals surface area contributed by atoms with E-state index >= 15 is 0 Å². The Bertz CT molecular complexity index is 1200. The van der Waals surface area contributed by atoms with Crippen molar-refractivity contribution in [2.24, 2.45) is 17.7 Å². The number of imide groups is 1. The molecule has 194 valence electrons. The van der Waals surface area contributed by atoms with Gasteiger partial charge in [-0.2, -0.15) is 6.20 Å². The van der Waals surface area contributed by atoms with E-state index in [0.717, 1.165) is 42.2 Å². The first-order valence-corrected chi connectivity index (χ1v) is 12.8. The highest BCUT2D eigenvalue weighted by atomic mass is 16.5. The van der Waals surface area contributed by atoms with E-state index in [9.17, 15) is 14.4 Å². The lowest BCUT2D eigenvalue weighted by atomic mass is 9.86. The molecule has 0 saturated carbocycles. The molecule has 0 bridgehead atoms. The van der Waals surface area contributed by atoms with Crippen LogP contribution in [0.1, 0.15) is 41.6 Å². The molecular formula is C28H32N5O4-. The number of carbonyl (C=O) groups excluding carboxylic acids is 3. The van der Waals surface area contributed by atoms with E-state index in [1.807, 2.05) is 48.5 Å². The Morgan fingerprint density at radius 1 is 1.14 bits per heavy atom. The normalized spacial score (nSPS) is 24.1. The molecule has 2 heterocycles. The Morgan fingerprint density at radius 3 is 2.76 bits per heavy atom. The van der Waals surface area contributed by atoms with Crippen molar-refractivity contribution in [3.63, 3.8) is 0 Å². The molecule has 2 aliphatic heterocycles. The molecular weight excluding hydrogens is 470 g/mol. The number of para-hydroxylation sites is 1. The van der Waals surface area contributed by atoms with E-state index < -0.39 is 0 Å². The van der Waals surface area contributed by atoms with Crippen LogP contribution in [0.4, 0.5) is 5.69 Å². The molecule has 2 aromatic rings. The van der Waals surface area contributed by atoms with Gasteiger partial charge in [0.1, 0.15) is 11.9 Å². The van der Waals surface area contributed by atoms with Gasteiger partial charge in [-0.3, -0.25) is 30.4 Å². The number of amides is 2. The van der Waals surface area contributed by atoms with E-state index in [1.54, 1.807) is 6.20 Å². The number of fused-ring (bicyclic) bond motifs is 1. The molecule has 2 fully saturated rings. The first-order valence-electron chi connectivity index (χ1n) is 12.8. The standard InChI is InChI=1S/C28H32N5O4/c29-32-22(15-30-21-4-2-1-3-5-21)16-33-11-10-24(17-33)37-23-7-8-25-19(14-23)13-20(27(25)35)12-18-6-9-26(34)31-28(18)36/h1-5,7-8,14-15,18,20,24,32H,6,9-13,16-17,29H2,(H,31,34,36)/q-1/b22-15-/t18?,20-,24-/m0/s1. The molecule has 5 rings (SSSR count). The number of nitrogens with one attached hydrogen (secondary N) is 2. The van der Waals surface area contributed by atoms with Crippen molar-refractivity contribution in [3.05, 3.63) is 76.9 Å². The monoisotopic (exact) mass is 502 g/mol. The summed E-state index contributed by atoms with van der Waals surface area (Å²) in [6, 6.07) is 15.4. The maximum Gasteiger partial charge on any atom is 0.229 e. The van der Waals surface area contributed by atoms with Crippen molar-refractivity contribution in [1.29, 1.82) is 0 Å². The lowest BCUT2D eigenvalue weighted by molar-refractivity contribution is -0.136. The third kappa shape index (κ3) is 6.00. The highest BCUT2D eigenvalue weighted by molar-refractivity contribution is 6.03. The molecule has 2 aromatic carbocycles. The summed E-state index contributed by atoms with van der Waals surface area (Å²) >= 11 is 0. The van der Waals surface area contributed by atoms with Crippen molar-refractivity contribution in [3.8, 4) is 5.75 Å². The van der Waals surface area contributed by atoms with Gasteiger partial charge in [0.15, 0.2) is 5.78 Å². The maximum atomic E-state index is 12.9. The van der Waals surface area contributed by atoms with Gasteiger partial charge in [-0.05, 0) is 49.4 Å². The van der Waals surface area contributed by atoms with Crippen LogP contribution in [0, 0.1) is 11.8 Å². The fourth-order valence-electron chi connectivity index (χ4n) is 5.39. The SMILES string of the molecule is NN/C(=C\[N-]c1ccccc1)CN1CC[C@H](Oc2ccc3c(c2)C[C@H](CC2CCC(=O)NC2=O)C3=O)C1. The van der Waals surface area contributed by atoms with Crippen molar-refractivity contribution in [2.75, 3.05) is 19.6 Å². The lowest BCUT2D eigenvalue weighted by Crippen LogP contribution is -2.41. The number of rotatable bonds is 9. The summed E-state index contributed by atoms with van der Waals surface area (Å²) in [4.78, 5) is 38.8. The van der Waals surface area contributed by atoms with Gasteiger partial charge in [0.05, 0.1) is 0 Å². The summed E-state index contributed by atoms with van der Waals surface area (Å²) in [5.41, 5.74) is 6.11. The molecule has 0 radical (unpaired) electrons. The van der Waals surface area contributed by atoms with E-state index in [4.69, 9.17) is 10.6 Å². The maximum absolute atomic E-state index is 12.9. The Hall–Kier alpha value is -3.69. The van der Waals surface area contributed by atoms with Crippen molar-refractivity contribution in [2.45, 2.75) is 38.2 Å². The third-order valence-corrected chi connectivity index (χ3v) is 7.34. The number of hydrogen-bond acceptors (Lipinski definition) is 7. The van der Waals surface area contributed by atoms with Gasteiger partial charge in [0.2, 0.25) is 11.8 Å². The predicted molar refractivity (Wildman–Crippen MR) is 139 cm³/mol. The first-order chi connectivity index (χ1) is 18.0. The topological polar surface area (TPSA) is 128 Å². The molecule has 4 N–H and O–H groups in total. The molecule has 3 aliphatic rings. The van der Waals surface area contributed by atoms with E-state index in [-0.39, 0.29) is 35.5 Å². The van der Waals surface area contributed by atoms with Gasteiger partial charge < -0.3 is 15.5 Å². The zero-order chi connectivity index (χ0) is 25.8. The number of piperidine rings is 1. The second kappa shape index (κ2) is 11.1. The van der Waals surface area contributed by atoms with Crippen LogP contribution in [0.15, 0.2) is 60.4 Å². The largest absolute Gasteiger partial charge is 0.663 e. The molecule has 1 aliphatic carbocycles. The number of nitrogens with two attached hydrogens (primary N) is 1. The summed E-state index contributed by atoms with van der Waals surface area (Å²) in [5, 5.41) is 6.86. The zero-order valence-corrected chi connectivity index (χ0v) is 20.7. The second-order valence-electron chi connectivity index (χ2n) is 9.99. The van der Waals surface area contributed by atoms with Crippen LogP contribution in [0.3, 0.4) is 0 Å². The van der Waals surface area contributed by atoms with Crippen LogP contribution in [-0.4, -0.2) is 48.2 Å². The quantitative estimate of drug-likeness (QED) is 0.273. The summed E-state index contributed by atoms with van der Waals surface area (Å²) in [6.07, 6.45) is 4.60. The van der Waals surface area contributed by atoms with Crippen LogP contribution < -0.4 is 21.3 Å².